The first-order valence-corrected chi connectivity index (χ1v) is 6.94. The predicted octanol–water partition coefficient (Wildman–Crippen LogP) is 2.81. The molecule has 0 fully saturated rings. The standard InChI is InChI=1S/C15H26N2O2/c1-5-7-15(12-16,8-6-2)14(18)17-9-10-19-11-13(3)4/h3,5-11H2,1-2,4H3,(H,17,18). The summed E-state index contributed by atoms with van der Waals surface area (Å²) in [7, 11) is 0. The van der Waals surface area contributed by atoms with E-state index in [1.165, 1.54) is 0 Å². The monoisotopic (exact) mass is 266 g/mol. The maximum atomic E-state index is 12.2. The fourth-order valence-electron chi connectivity index (χ4n) is 2.02. The number of ether oxygens (including phenoxy) is 1. The molecule has 0 aromatic rings. The summed E-state index contributed by atoms with van der Waals surface area (Å²) in [6.07, 6.45) is 2.87. The topological polar surface area (TPSA) is 62.1 Å². The first-order chi connectivity index (χ1) is 9.02. The Morgan fingerprint density at radius 2 is 1.95 bits per heavy atom. The van der Waals surface area contributed by atoms with Crippen LogP contribution in [0.5, 0.6) is 0 Å². The number of amides is 1. The average Bonchev–Trinajstić information content (AvgIpc) is 2.37. The molecule has 0 saturated heterocycles. The van der Waals surface area contributed by atoms with Crippen molar-refractivity contribution in [3.63, 3.8) is 0 Å². The zero-order valence-corrected chi connectivity index (χ0v) is 12.4. The molecule has 0 bridgehead atoms. The molecule has 0 aromatic carbocycles. The lowest BCUT2D eigenvalue weighted by Gasteiger charge is -2.24. The molecule has 0 aliphatic carbocycles. The van der Waals surface area contributed by atoms with Crippen LogP contribution in [0.3, 0.4) is 0 Å². The Hall–Kier alpha value is -1.34. The van der Waals surface area contributed by atoms with Gasteiger partial charge in [0.25, 0.3) is 0 Å². The zero-order chi connectivity index (χ0) is 14.7. The molecular weight excluding hydrogens is 240 g/mol. The number of hydrogen-bond acceptors (Lipinski definition) is 3. The van der Waals surface area contributed by atoms with Gasteiger partial charge in [0.1, 0.15) is 5.41 Å². The highest BCUT2D eigenvalue weighted by Gasteiger charge is 2.36. The Morgan fingerprint density at radius 1 is 1.37 bits per heavy atom. The van der Waals surface area contributed by atoms with Crippen LogP contribution in [0.2, 0.25) is 0 Å². The van der Waals surface area contributed by atoms with Gasteiger partial charge in [0.15, 0.2) is 0 Å². The van der Waals surface area contributed by atoms with Gasteiger partial charge in [0.2, 0.25) is 5.91 Å². The van der Waals surface area contributed by atoms with E-state index in [4.69, 9.17) is 4.74 Å². The van der Waals surface area contributed by atoms with Crippen molar-refractivity contribution in [2.45, 2.75) is 46.5 Å². The van der Waals surface area contributed by atoms with Crippen LogP contribution in [-0.4, -0.2) is 25.7 Å². The first kappa shape index (κ1) is 17.7. The second kappa shape index (κ2) is 9.57. The van der Waals surface area contributed by atoms with E-state index in [2.05, 4.69) is 18.0 Å². The van der Waals surface area contributed by atoms with Crippen LogP contribution in [0.4, 0.5) is 0 Å². The molecule has 4 heteroatoms. The van der Waals surface area contributed by atoms with Gasteiger partial charge in [-0.3, -0.25) is 4.79 Å². The summed E-state index contributed by atoms with van der Waals surface area (Å²) < 4.78 is 5.31. The van der Waals surface area contributed by atoms with E-state index in [0.717, 1.165) is 18.4 Å². The van der Waals surface area contributed by atoms with Crippen molar-refractivity contribution in [3.8, 4) is 6.07 Å². The van der Waals surface area contributed by atoms with Crippen molar-refractivity contribution < 1.29 is 9.53 Å². The number of nitrogens with zero attached hydrogens (tertiary/aromatic N) is 1. The minimum absolute atomic E-state index is 0.169. The highest BCUT2D eigenvalue weighted by molar-refractivity contribution is 5.85. The number of nitrogens with one attached hydrogen (secondary N) is 1. The van der Waals surface area contributed by atoms with Crippen LogP contribution in [0.15, 0.2) is 12.2 Å². The summed E-state index contributed by atoms with van der Waals surface area (Å²) in [5, 5.41) is 12.1. The van der Waals surface area contributed by atoms with Gasteiger partial charge < -0.3 is 10.1 Å². The molecule has 0 spiro atoms. The van der Waals surface area contributed by atoms with Crippen LogP contribution >= 0.6 is 0 Å². The predicted molar refractivity (Wildman–Crippen MR) is 76.5 cm³/mol. The largest absolute Gasteiger partial charge is 0.375 e. The molecule has 0 saturated carbocycles. The minimum Gasteiger partial charge on any atom is -0.375 e. The fourth-order valence-corrected chi connectivity index (χ4v) is 2.02. The number of rotatable bonds is 10. The van der Waals surface area contributed by atoms with Gasteiger partial charge in [-0.25, -0.2) is 0 Å². The summed E-state index contributed by atoms with van der Waals surface area (Å²) in [6.45, 7) is 11.0. The van der Waals surface area contributed by atoms with E-state index in [9.17, 15) is 10.1 Å². The van der Waals surface area contributed by atoms with Crippen LogP contribution in [0, 0.1) is 16.7 Å². The minimum atomic E-state index is -0.877. The SMILES string of the molecule is C=C(C)COCCNC(=O)C(C#N)(CCC)CCC. The van der Waals surface area contributed by atoms with E-state index < -0.39 is 5.41 Å². The summed E-state index contributed by atoms with van der Waals surface area (Å²) in [4.78, 5) is 12.2. The highest BCUT2D eigenvalue weighted by Crippen LogP contribution is 2.29. The fraction of sp³-hybridized carbons (Fsp3) is 0.733. The molecule has 1 amide bonds. The Kier molecular flexibility index (Phi) is 8.90. The van der Waals surface area contributed by atoms with Gasteiger partial charge in [-0.1, -0.05) is 38.8 Å². The van der Waals surface area contributed by atoms with E-state index in [1.807, 2.05) is 20.8 Å². The van der Waals surface area contributed by atoms with Gasteiger partial charge in [-0.05, 0) is 19.8 Å². The van der Waals surface area contributed by atoms with Gasteiger partial charge >= 0.3 is 0 Å². The maximum Gasteiger partial charge on any atom is 0.240 e. The molecule has 0 aromatic heterocycles. The van der Waals surface area contributed by atoms with Gasteiger partial charge in [-0.2, -0.15) is 5.26 Å². The van der Waals surface area contributed by atoms with E-state index in [0.29, 0.717) is 32.6 Å². The van der Waals surface area contributed by atoms with E-state index >= 15 is 0 Å². The van der Waals surface area contributed by atoms with Crippen LogP contribution in [0.25, 0.3) is 0 Å². The van der Waals surface area contributed by atoms with Crippen molar-refractivity contribution in [1.82, 2.24) is 5.32 Å². The molecule has 4 nitrogen and oxygen atoms in total. The van der Waals surface area contributed by atoms with Crippen LogP contribution < -0.4 is 5.32 Å². The molecule has 0 atom stereocenters. The van der Waals surface area contributed by atoms with Crippen molar-refractivity contribution in [3.05, 3.63) is 12.2 Å². The van der Waals surface area contributed by atoms with Gasteiger partial charge in [-0.15, -0.1) is 0 Å². The molecule has 0 unspecified atom stereocenters. The van der Waals surface area contributed by atoms with Gasteiger partial charge in [0.05, 0.1) is 19.3 Å². The summed E-state index contributed by atoms with van der Waals surface area (Å²) in [6, 6.07) is 2.21. The number of carbonyl (C=O) groups excluding carboxylic acids is 1. The second-order valence-electron chi connectivity index (χ2n) is 4.96. The third kappa shape index (κ3) is 6.40. The van der Waals surface area contributed by atoms with Crippen molar-refractivity contribution >= 4 is 5.91 Å². The molecule has 1 N–H and O–H groups in total. The van der Waals surface area contributed by atoms with Gasteiger partial charge in [0, 0.05) is 6.54 Å². The normalized spacial score (nSPS) is 10.8. The highest BCUT2D eigenvalue weighted by atomic mass is 16.5. The molecule has 19 heavy (non-hydrogen) atoms. The lowest BCUT2D eigenvalue weighted by molar-refractivity contribution is -0.129. The number of hydrogen-bond donors (Lipinski definition) is 1. The second-order valence-corrected chi connectivity index (χ2v) is 4.96. The lowest BCUT2D eigenvalue weighted by Crippen LogP contribution is -2.41. The molecule has 0 heterocycles. The van der Waals surface area contributed by atoms with Crippen molar-refractivity contribution in [1.29, 1.82) is 5.26 Å². The quantitative estimate of drug-likeness (QED) is 0.488. The average molecular weight is 266 g/mol. The van der Waals surface area contributed by atoms with Crippen LogP contribution in [0.1, 0.15) is 46.5 Å². The molecule has 0 aliphatic rings. The lowest BCUT2D eigenvalue weighted by atomic mass is 9.80. The van der Waals surface area contributed by atoms with Crippen LogP contribution in [-0.2, 0) is 9.53 Å². The zero-order valence-electron chi connectivity index (χ0n) is 12.4. The summed E-state index contributed by atoms with van der Waals surface area (Å²) >= 11 is 0. The summed E-state index contributed by atoms with van der Waals surface area (Å²) in [5.41, 5.74) is 0.0763. The molecular formula is C15H26N2O2. The third-order valence-corrected chi connectivity index (χ3v) is 2.88. The Morgan fingerprint density at radius 3 is 2.37 bits per heavy atom. The number of nitriles is 1. The molecule has 0 aliphatic heterocycles. The van der Waals surface area contributed by atoms with Crippen molar-refractivity contribution in [2.24, 2.45) is 5.41 Å². The molecule has 0 radical (unpaired) electrons. The van der Waals surface area contributed by atoms with Crippen molar-refractivity contribution in [2.75, 3.05) is 19.8 Å². The maximum absolute atomic E-state index is 12.2. The first-order valence-electron chi connectivity index (χ1n) is 6.94. The molecule has 0 rings (SSSR count). The molecule has 108 valence electrons. The Balaban J connectivity index is 4.26. The smallest absolute Gasteiger partial charge is 0.240 e. The third-order valence-electron chi connectivity index (χ3n) is 2.88. The van der Waals surface area contributed by atoms with E-state index in [1.54, 1.807) is 0 Å². The summed E-state index contributed by atoms with van der Waals surface area (Å²) in [5.74, 6) is -0.169. The van der Waals surface area contributed by atoms with E-state index in [-0.39, 0.29) is 5.91 Å². The number of carbonyl (C=O) groups is 1. The Bertz CT molecular complexity index is 326. The Labute approximate surface area is 116 Å².